The van der Waals surface area contributed by atoms with Crippen LogP contribution in [0, 0.1) is 0 Å². The summed E-state index contributed by atoms with van der Waals surface area (Å²) in [6, 6.07) is 4.57. The maximum Gasteiger partial charge on any atom is 0.341 e. The van der Waals surface area contributed by atoms with Crippen molar-refractivity contribution in [2.24, 2.45) is 0 Å². The third-order valence-corrected chi connectivity index (χ3v) is 3.44. The van der Waals surface area contributed by atoms with Crippen molar-refractivity contribution >= 4 is 49.9 Å². The molecular formula is C14H10BrN3O4. The standard InChI is InChI=1S/C14H10BrN3O4/c1-2-21-14(20)7-5-6-11(19)10-8(3-4-9(15)17-10)22-13(6)18-12(7)16/h3-5H,2H2,1H3,(H2,16,18). The van der Waals surface area contributed by atoms with Crippen LogP contribution in [0.3, 0.4) is 0 Å². The number of pyridine rings is 2. The first-order valence-electron chi connectivity index (χ1n) is 6.38. The van der Waals surface area contributed by atoms with Crippen molar-refractivity contribution in [2.75, 3.05) is 12.3 Å². The Morgan fingerprint density at radius 3 is 2.91 bits per heavy atom. The Morgan fingerprint density at radius 1 is 1.41 bits per heavy atom. The van der Waals surface area contributed by atoms with Gasteiger partial charge in [0.2, 0.25) is 11.1 Å². The highest BCUT2D eigenvalue weighted by atomic mass is 79.9. The molecule has 0 aliphatic carbocycles. The van der Waals surface area contributed by atoms with Gasteiger partial charge in [0.1, 0.15) is 16.0 Å². The van der Waals surface area contributed by atoms with Crippen LogP contribution in [0.25, 0.3) is 22.2 Å². The second kappa shape index (κ2) is 5.38. The molecule has 8 heteroatoms. The number of fused-ring (bicyclic) bond motifs is 2. The Bertz CT molecular complexity index is 968. The van der Waals surface area contributed by atoms with Gasteiger partial charge < -0.3 is 14.9 Å². The molecule has 3 aromatic heterocycles. The molecular weight excluding hydrogens is 354 g/mol. The van der Waals surface area contributed by atoms with E-state index < -0.39 is 11.4 Å². The number of esters is 1. The lowest BCUT2D eigenvalue weighted by Crippen LogP contribution is -2.12. The van der Waals surface area contributed by atoms with Gasteiger partial charge in [0, 0.05) is 0 Å². The van der Waals surface area contributed by atoms with Gasteiger partial charge in [-0.05, 0) is 41.1 Å². The Kier molecular flexibility index (Phi) is 3.53. The molecule has 22 heavy (non-hydrogen) atoms. The van der Waals surface area contributed by atoms with Gasteiger partial charge in [-0.1, -0.05) is 0 Å². The average Bonchev–Trinajstić information content (AvgIpc) is 2.48. The molecule has 0 unspecified atom stereocenters. The second-order valence-corrected chi connectivity index (χ2v) is 5.22. The molecule has 0 aliphatic heterocycles. The lowest BCUT2D eigenvalue weighted by Gasteiger charge is -2.06. The molecule has 3 rings (SSSR count). The molecule has 0 atom stereocenters. The maximum atomic E-state index is 12.5. The number of carbonyl (C=O) groups is 1. The van der Waals surface area contributed by atoms with Crippen molar-refractivity contribution in [1.29, 1.82) is 0 Å². The number of halogens is 1. The molecule has 0 amide bonds. The number of anilines is 1. The number of rotatable bonds is 2. The first-order valence-corrected chi connectivity index (χ1v) is 7.17. The maximum absolute atomic E-state index is 12.5. The number of nitrogens with zero attached hydrogens (tertiary/aromatic N) is 2. The summed E-state index contributed by atoms with van der Waals surface area (Å²) in [5.74, 6) is -0.699. The van der Waals surface area contributed by atoms with Crippen molar-refractivity contribution < 1.29 is 13.9 Å². The number of nitrogens with two attached hydrogens (primary N) is 1. The minimum Gasteiger partial charge on any atom is -0.462 e. The smallest absolute Gasteiger partial charge is 0.341 e. The van der Waals surface area contributed by atoms with Gasteiger partial charge in [-0.2, -0.15) is 4.98 Å². The first-order chi connectivity index (χ1) is 10.5. The average molecular weight is 364 g/mol. The molecule has 7 nitrogen and oxygen atoms in total. The Balaban J connectivity index is 2.35. The molecule has 3 heterocycles. The molecule has 0 saturated heterocycles. The quantitative estimate of drug-likeness (QED) is 0.422. The summed E-state index contributed by atoms with van der Waals surface area (Å²) < 4.78 is 10.9. The van der Waals surface area contributed by atoms with E-state index in [1.165, 1.54) is 6.07 Å². The fraction of sp³-hybridized carbons (Fsp3) is 0.143. The lowest BCUT2D eigenvalue weighted by molar-refractivity contribution is 0.0527. The van der Waals surface area contributed by atoms with E-state index >= 15 is 0 Å². The largest absolute Gasteiger partial charge is 0.462 e. The van der Waals surface area contributed by atoms with Crippen LogP contribution in [0.15, 0.2) is 32.0 Å². The highest BCUT2D eigenvalue weighted by Crippen LogP contribution is 2.21. The van der Waals surface area contributed by atoms with Crippen molar-refractivity contribution in [1.82, 2.24) is 9.97 Å². The Morgan fingerprint density at radius 2 is 2.18 bits per heavy atom. The Labute approximate surface area is 132 Å². The van der Waals surface area contributed by atoms with E-state index in [9.17, 15) is 9.59 Å². The van der Waals surface area contributed by atoms with Crippen molar-refractivity contribution in [3.05, 3.63) is 38.6 Å². The minimum atomic E-state index is -0.643. The molecule has 0 saturated carbocycles. The summed E-state index contributed by atoms with van der Waals surface area (Å²) in [6.45, 7) is 1.86. The van der Waals surface area contributed by atoms with Gasteiger partial charge in [0.15, 0.2) is 11.1 Å². The van der Waals surface area contributed by atoms with Crippen LogP contribution < -0.4 is 11.2 Å². The van der Waals surface area contributed by atoms with Gasteiger partial charge in [-0.25, -0.2) is 9.78 Å². The summed E-state index contributed by atoms with van der Waals surface area (Å²) >= 11 is 3.20. The van der Waals surface area contributed by atoms with Gasteiger partial charge >= 0.3 is 5.97 Å². The number of aromatic nitrogens is 2. The zero-order chi connectivity index (χ0) is 15.9. The van der Waals surface area contributed by atoms with Crippen molar-refractivity contribution in [2.45, 2.75) is 6.92 Å². The highest BCUT2D eigenvalue weighted by molar-refractivity contribution is 9.10. The van der Waals surface area contributed by atoms with Gasteiger partial charge in [0.05, 0.1) is 12.0 Å². The predicted molar refractivity (Wildman–Crippen MR) is 83.6 cm³/mol. The monoisotopic (exact) mass is 363 g/mol. The normalized spacial score (nSPS) is 11.0. The SMILES string of the molecule is CCOC(=O)c1cc2c(=O)c3nc(Br)ccc3oc2nc1N. The molecule has 0 bridgehead atoms. The van der Waals surface area contributed by atoms with E-state index in [0.29, 0.717) is 4.60 Å². The summed E-state index contributed by atoms with van der Waals surface area (Å²) in [4.78, 5) is 32.4. The van der Waals surface area contributed by atoms with Gasteiger partial charge in [-0.15, -0.1) is 0 Å². The zero-order valence-electron chi connectivity index (χ0n) is 11.4. The summed E-state index contributed by atoms with van der Waals surface area (Å²) in [7, 11) is 0. The first kappa shape index (κ1) is 14.5. The zero-order valence-corrected chi connectivity index (χ0v) is 13.0. The van der Waals surface area contributed by atoms with E-state index in [0.717, 1.165) is 0 Å². The Hall–Kier alpha value is -2.48. The third kappa shape index (κ3) is 2.31. The van der Waals surface area contributed by atoms with Crippen LogP contribution in [0.5, 0.6) is 0 Å². The van der Waals surface area contributed by atoms with E-state index in [1.54, 1.807) is 19.1 Å². The van der Waals surface area contributed by atoms with Crippen LogP contribution >= 0.6 is 15.9 Å². The summed E-state index contributed by atoms with van der Waals surface area (Å²) in [5, 5.41) is 0.121. The number of nitrogen functional groups attached to an aromatic ring is 1. The molecule has 0 spiro atoms. The number of hydrogen-bond donors (Lipinski definition) is 1. The molecule has 0 fully saturated rings. The van der Waals surface area contributed by atoms with E-state index in [1.807, 2.05) is 0 Å². The number of carbonyl (C=O) groups excluding carboxylic acids is 1. The van der Waals surface area contributed by atoms with E-state index in [-0.39, 0.29) is 40.2 Å². The summed E-state index contributed by atoms with van der Waals surface area (Å²) in [5.41, 5.74) is 5.85. The molecule has 0 radical (unpaired) electrons. The van der Waals surface area contributed by atoms with Gasteiger partial charge in [0.25, 0.3) is 0 Å². The van der Waals surface area contributed by atoms with Crippen molar-refractivity contribution in [3.63, 3.8) is 0 Å². The van der Waals surface area contributed by atoms with Crippen LogP contribution in [0.2, 0.25) is 0 Å². The van der Waals surface area contributed by atoms with Gasteiger partial charge in [-0.3, -0.25) is 4.79 Å². The lowest BCUT2D eigenvalue weighted by atomic mass is 10.2. The van der Waals surface area contributed by atoms with Crippen molar-refractivity contribution in [3.8, 4) is 0 Å². The predicted octanol–water partition coefficient (Wildman–Crippen LogP) is 2.26. The van der Waals surface area contributed by atoms with E-state index in [2.05, 4.69) is 25.9 Å². The van der Waals surface area contributed by atoms with E-state index in [4.69, 9.17) is 14.9 Å². The third-order valence-electron chi connectivity index (χ3n) is 3.00. The second-order valence-electron chi connectivity index (χ2n) is 4.41. The number of hydrogen-bond acceptors (Lipinski definition) is 7. The minimum absolute atomic E-state index is 0.0241. The highest BCUT2D eigenvalue weighted by Gasteiger charge is 2.18. The number of ether oxygens (including phenoxy) is 1. The molecule has 2 N–H and O–H groups in total. The van der Waals surface area contributed by atoms with Crippen LogP contribution in [0.1, 0.15) is 17.3 Å². The molecule has 0 aromatic carbocycles. The fourth-order valence-electron chi connectivity index (χ4n) is 2.02. The molecule has 3 aromatic rings. The van der Waals surface area contributed by atoms with Crippen LogP contribution in [0.4, 0.5) is 5.82 Å². The topological polar surface area (TPSA) is 108 Å². The van der Waals surface area contributed by atoms with Crippen LogP contribution in [-0.4, -0.2) is 22.5 Å². The molecule has 112 valence electrons. The molecule has 0 aliphatic rings. The van der Waals surface area contributed by atoms with Crippen LogP contribution in [-0.2, 0) is 4.74 Å². The fourth-order valence-corrected chi connectivity index (χ4v) is 2.33. The summed E-state index contributed by atoms with van der Waals surface area (Å²) in [6.07, 6.45) is 0.